The Morgan fingerprint density at radius 3 is 2.70 bits per heavy atom. The van der Waals surface area contributed by atoms with E-state index in [4.69, 9.17) is 16.3 Å². The first-order chi connectivity index (χ1) is 18.0. The van der Waals surface area contributed by atoms with Crippen LogP contribution in [-0.4, -0.2) is 39.5 Å². The van der Waals surface area contributed by atoms with Crippen LogP contribution in [0.15, 0.2) is 48.8 Å². The minimum absolute atomic E-state index is 0.130. The molecule has 2 aromatic heterocycles. The molecule has 0 radical (unpaired) electrons. The second-order valence-corrected chi connectivity index (χ2v) is 9.18. The van der Waals surface area contributed by atoms with Gasteiger partial charge in [0, 0.05) is 36.5 Å². The van der Waals surface area contributed by atoms with Crippen molar-refractivity contribution >= 4 is 46.3 Å². The lowest BCUT2D eigenvalue weighted by atomic mass is 10.1. The average Bonchev–Trinajstić information content (AvgIpc) is 3.26. The number of nitrogens with zero attached hydrogens (tertiary/aromatic N) is 4. The van der Waals surface area contributed by atoms with E-state index in [1.807, 2.05) is 55.1 Å². The van der Waals surface area contributed by atoms with Crippen LogP contribution < -0.4 is 20.3 Å². The molecule has 3 heterocycles. The fourth-order valence-electron chi connectivity index (χ4n) is 4.49. The largest absolute Gasteiger partial charge is 0.494 e. The van der Waals surface area contributed by atoms with E-state index in [-0.39, 0.29) is 5.91 Å². The number of amides is 1. The molecule has 5 rings (SSSR count). The molecule has 1 aliphatic rings. The van der Waals surface area contributed by atoms with Crippen molar-refractivity contribution in [1.82, 2.24) is 19.9 Å². The Labute approximate surface area is 220 Å². The number of aromatic amines is 1. The van der Waals surface area contributed by atoms with Gasteiger partial charge in [-0.1, -0.05) is 23.7 Å². The molecule has 10 heteroatoms. The molecule has 1 aliphatic heterocycles. The summed E-state index contributed by atoms with van der Waals surface area (Å²) < 4.78 is 5.66. The fourth-order valence-corrected chi connectivity index (χ4v) is 4.63. The summed E-state index contributed by atoms with van der Waals surface area (Å²) in [6.45, 7) is 4.54. The number of carbonyl (C=O) groups excluding carboxylic acids is 1. The Bertz CT molecular complexity index is 1450. The Morgan fingerprint density at radius 2 is 1.95 bits per heavy atom. The topological polar surface area (TPSA) is 108 Å². The monoisotopic (exact) mass is 517 g/mol. The number of nitrogens with one attached hydrogen (secondary N) is 3. The van der Waals surface area contributed by atoms with E-state index in [0.717, 1.165) is 46.9 Å². The number of H-pyrrole nitrogens is 1. The zero-order valence-corrected chi connectivity index (χ0v) is 21.7. The summed E-state index contributed by atoms with van der Waals surface area (Å²) in [5, 5.41) is 6.97. The Kier molecular flexibility index (Phi) is 6.96. The molecule has 4 aromatic rings. The number of halogens is 1. The fraction of sp³-hybridized carbons (Fsp3) is 0.259. The molecular formula is C27H28ClN7O2. The van der Waals surface area contributed by atoms with Gasteiger partial charge in [0.1, 0.15) is 16.6 Å². The predicted octanol–water partition coefficient (Wildman–Crippen LogP) is 6.01. The number of hydrogen-bond donors (Lipinski definition) is 3. The molecule has 0 saturated carbocycles. The van der Waals surface area contributed by atoms with Crippen LogP contribution in [0.3, 0.4) is 0 Å². The molecule has 0 unspecified atom stereocenters. The quantitative estimate of drug-likeness (QED) is 0.275. The van der Waals surface area contributed by atoms with Gasteiger partial charge in [-0.05, 0) is 50.5 Å². The zero-order chi connectivity index (χ0) is 25.9. The van der Waals surface area contributed by atoms with Crippen molar-refractivity contribution in [2.75, 3.05) is 29.2 Å². The maximum atomic E-state index is 12.5. The average molecular weight is 518 g/mol. The number of methoxy groups -OCH3 is 1. The van der Waals surface area contributed by atoms with Gasteiger partial charge >= 0.3 is 0 Å². The summed E-state index contributed by atoms with van der Waals surface area (Å²) in [5.74, 6) is 2.28. The van der Waals surface area contributed by atoms with E-state index in [1.54, 1.807) is 19.5 Å². The third-order valence-electron chi connectivity index (χ3n) is 6.27. The lowest BCUT2D eigenvalue weighted by Gasteiger charge is -2.23. The minimum Gasteiger partial charge on any atom is -0.494 e. The van der Waals surface area contributed by atoms with Gasteiger partial charge < -0.3 is 25.3 Å². The summed E-state index contributed by atoms with van der Waals surface area (Å²) in [6.07, 6.45) is 5.46. The van der Waals surface area contributed by atoms with Gasteiger partial charge in [0.15, 0.2) is 5.82 Å². The molecule has 2 aromatic carbocycles. The standard InChI is InChI=1S/C27H28ClN7O2/c1-4-35-22-13-23(37-3)21(12-17(22)8-7-11-24(35)36)33-27-30-15-19(28)26(34-27)32-20-10-6-5-9-18(20)25-29-14-16(2)31-25/h5-6,9-10,12-15H,4,7-8,11H2,1-3H3,(H,29,31)(H2,30,32,33,34). The van der Waals surface area contributed by atoms with Gasteiger partial charge in [-0.2, -0.15) is 4.98 Å². The maximum absolute atomic E-state index is 12.5. The number of imidazole rings is 1. The molecule has 37 heavy (non-hydrogen) atoms. The van der Waals surface area contributed by atoms with E-state index in [0.29, 0.717) is 41.2 Å². The molecule has 9 nitrogen and oxygen atoms in total. The number of para-hydroxylation sites is 1. The first-order valence-corrected chi connectivity index (χ1v) is 12.5. The molecule has 0 aliphatic carbocycles. The molecule has 0 spiro atoms. The lowest BCUT2D eigenvalue weighted by molar-refractivity contribution is -0.118. The summed E-state index contributed by atoms with van der Waals surface area (Å²) in [7, 11) is 1.60. The highest BCUT2D eigenvalue weighted by Crippen LogP contribution is 2.38. The highest BCUT2D eigenvalue weighted by molar-refractivity contribution is 6.33. The van der Waals surface area contributed by atoms with Crippen molar-refractivity contribution in [1.29, 1.82) is 0 Å². The third kappa shape index (κ3) is 5.08. The molecule has 0 saturated heterocycles. The first kappa shape index (κ1) is 24.6. The number of rotatable bonds is 7. The smallest absolute Gasteiger partial charge is 0.229 e. The normalized spacial score (nSPS) is 13.2. The van der Waals surface area contributed by atoms with Crippen molar-refractivity contribution in [3.63, 3.8) is 0 Å². The van der Waals surface area contributed by atoms with Gasteiger partial charge in [-0.15, -0.1) is 0 Å². The second kappa shape index (κ2) is 10.5. The molecule has 0 atom stereocenters. The minimum atomic E-state index is 0.130. The molecule has 190 valence electrons. The summed E-state index contributed by atoms with van der Waals surface area (Å²) in [4.78, 5) is 31.1. The van der Waals surface area contributed by atoms with E-state index < -0.39 is 0 Å². The number of ether oxygens (including phenoxy) is 1. The van der Waals surface area contributed by atoms with Crippen molar-refractivity contribution in [2.24, 2.45) is 0 Å². The van der Waals surface area contributed by atoms with Crippen molar-refractivity contribution in [3.8, 4) is 17.1 Å². The van der Waals surface area contributed by atoms with Crippen LogP contribution in [0, 0.1) is 6.92 Å². The predicted molar refractivity (Wildman–Crippen MR) is 146 cm³/mol. The van der Waals surface area contributed by atoms with Crippen LogP contribution in [-0.2, 0) is 11.2 Å². The van der Waals surface area contributed by atoms with E-state index in [2.05, 4.69) is 30.6 Å². The van der Waals surface area contributed by atoms with Crippen molar-refractivity contribution in [3.05, 3.63) is 65.1 Å². The van der Waals surface area contributed by atoms with E-state index in [1.165, 1.54) is 0 Å². The van der Waals surface area contributed by atoms with Gasteiger partial charge in [-0.3, -0.25) is 4.79 Å². The summed E-state index contributed by atoms with van der Waals surface area (Å²) >= 11 is 6.47. The van der Waals surface area contributed by atoms with E-state index in [9.17, 15) is 4.79 Å². The van der Waals surface area contributed by atoms with Crippen LogP contribution in [0.5, 0.6) is 5.75 Å². The van der Waals surface area contributed by atoms with E-state index >= 15 is 0 Å². The molecular weight excluding hydrogens is 490 g/mol. The van der Waals surface area contributed by atoms with Crippen molar-refractivity contribution in [2.45, 2.75) is 33.1 Å². The number of anilines is 5. The van der Waals surface area contributed by atoms with Gasteiger partial charge in [0.25, 0.3) is 0 Å². The Hall–Kier alpha value is -4.11. The number of benzene rings is 2. The Morgan fingerprint density at radius 1 is 1.11 bits per heavy atom. The van der Waals surface area contributed by atoms with Crippen LogP contribution in [0.2, 0.25) is 5.02 Å². The van der Waals surface area contributed by atoms with Crippen LogP contribution in [0.1, 0.15) is 31.0 Å². The highest BCUT2D eigenvalue weighted by atomic mass is 35.5. The molecule has 0 bridgehead atoms. The van der Waals surface area contributed by atoms with Gasteiger partial charge in [0.05, 0.1) is 30.4 Å². The number of aromatic nitrogens is 4. The lowest BCUT2D eigenvalue weighted by Crippen LogP contribution is -2.29. The SMILES string of the molecule is CCN1C(=O)CCCc2cc(Nc3ncc(Cl)c(Nc4ccccc4-c4ncc(C)[nH]4)n3)c(OC)cc21. The number of hydrogen-bond acceptors (Lipinski definition) is 7. The molecule has 0 fully saturated rings. The second-order valence-electron chi connectivity index (χ2n) is 8.77. The summed E-state index contributed by atoms with van der Waals surface area (Å²) in [6, 6.07) is 11.7. The molecule has 3 N–H and O–H groups in total. The maximum Gasteiger partial charge on any atom is 0.229 e. The van der Waals surface area contributed by atoms with Crippen LogP contribution in [0.25, 0.3) is 11.4 Å². The van der Waals surface area contributed by atoms with Crippen LogP contribution in [0.4, 0.5) is 28.8 Å². The Balaban J connectivity index is 1.46. The number of carbonyl (C=O) groups is 1. The summed E-state index contributed by atoms with van der Waals surface area (Å²) in [5.41, 5.74) is 5.34. The van der Waals surface area contributed by atoms with Crippen LogP contribution >= 0.6 is 11.6 Å². The molecule has 1 amide bonds. The third-order valence-corrected chi connectivity index (χ3v) is 6.55. The van der Waals surface area contributed by atoms with Crippen molar-refractivity contribution < 1.29 is 9.53 Å². The highest BCUT2D eigenvalue weighted by Gasteiger charge is 2.23. The van der Waals surface area contributed by atoms with Gasteiger partial charge in [-0.25, -0.2) is 9.97 Å². The first-order valence-electron chi connectivity index (χ1n) is 12.2. The number of aryl methyl sites for hydroxylation is 2. The number of fused-ring (bicyclic) bond motifs is 1. The zero-order valence-electron chi connectivity index (χ0n) is 20.9. The van der Waals surface area contributed by atoms with Gasteiger partial charge in [0.2, 0.25) is 11.9 Å².